The Kier molecular flexibility index (Phi) is 5.79. The van der Waals surface area contributed by atoms with Crippen molar-refractivity contribution < 1.29 is 24.0 Å². The molecule has 1 saturated heterocycles. The molecule has 0 aliphatic carbocycles. The normalized spacial score (nSPS) is 26.8. The summed E-state index contributed by atoms with van der Waals surface area (Å²) in [6, 6.07) is 0. The predicted octanol–water partition coefficient (Wildman–Crippen LogP) is 0.413. The van der Waals surface area contributed by atoms with Gasteiger partial charge >= 0.3 is 7.52 Å². The summed E-state index contributed by atoms with van der Waals surface area (Å²) in [4.78, 5) is 0. The Balaban J connectivity index is 2.78. The van der Waals surface area contributed by atoms with Gasteiger partial charge in [-0.2, -0.15) is 0 Å². The van der Waals surface area contributed by atoms with Crippen LogP contribution >= 0.6 is 7.52 Å². The van der Waals surface area contributed by atoms with Crippen LogP contribution in [0, 0.1) is 0 Å². The number of ether oxygens (including phenoxy) is 1. The second-order valence-electron chi connectivity index (χ2n) is 3.78. The van der Waals surface area contributed by atoms with E-state index in [1.54, 1.807) is 0 Å². The number of nitrogens with zero attached hydrogens (tertiary/aromatic N) is 1. The van der Waals surface area contributed by atoms with Crippen LogP contribution in [0.25, 0.3) is 0 Å². The standard InChI is InChI=1S/C10H20NO5P/c1-3-8-15-17(14,10-9(2)16-10)11(4-6-12)5-7-13/h3,9-10,12-13H,1,4-8H2,2H3/t9-,10+,17?/m1/s1. The molecule has 1 aliphatic rings. The van der Waals surface area contributed by atoms with Gasteiger partial charge in [0.25, 0.3) is 0 Å². The molecule has 7 heteroatoms. The number of rotatable bonds is 9. The van der Waals surface area contributed by atoms with Gasteiger partial charge in [-0.3, -0.25) is 4.57 Å². The minimum Gasteiger partial charge on any atom is -0.395 e. The summed E-state index contributed by atoms with van der Waals surface area (Å²) in [5, 5.41) is 17.9. The zero-order chi connectivity index (χ0) is 12.9. The number of epoxide rings is 1. The van der Waals surface area contributed by atoms with Crippen molar-refractivity contribution in [2.75, 3.05) is 32.9 Å². The van der Waals surface area contributed by atoms with Crippen LogP contribution in [0.2, 0.25) is 0 Å². The third kappa shape index (κ3) is 3.61. The molecule has 0 radical (unpaired) electrons. The fraction of sp³-hybridized carbons (Fsp3) is 0.800. The Morgan fingerprint density at radius 1 is 1.47 bits per heavy atom. The van der Waals surface area contributed by atoms with Crippen molar-refractivity contribution in [1.82, 2.24) is 4.67 Å². The van der Waals surface area contributed by atoms with Gasteiger partial charge in [0.1, 0.15) is 0 Å². The lowest BCUT2D eigenvalue weighted by molar-refractivity contribution is 0.190. The largest absolute Gasteiger partial charge is 0.395 e. The number of hydrogen-bond donors (Lipinski definition) is 2. The highest BCUT2D eigenvalue weighted by Crippen LogP contribution is 2.62. The Hall–Kier alpha value is -0.230. The number of hydrogen-bond acceptors (Lipinski definition) is 5. The Bertz CT molecular complexity index is 292. The van der Waals surface area contributed by atoms with Gasteiger partial charge in [0.2, 0.25) is 0 Å². The monoisotopic (exact) mass is 265 g/mol. The zero-order valence-corrected chi connectivity index (χ0v) is 10.9. The van der Waals surface area contributed by atoms with Crippen molar-refractivity contribution >= 4 is 7.52 Å². The van der Waals surface area contributed by atoms with E-state index in [0.717, 1.165) is 0 Å². The smallest absolute Gasteiger partial charge is 0.303 e. The quantitative estimate of drug-likeness (QED) is 0.357. The molecule has 100 valence electrons. The van der Waals surface area contributed by atoms with Crippen molar-refractivity contribution in [2.24, 2.45) is 0 Å². The summed E-state index contributed by atoms with van der Waals surface area (Å²) >= 11 is 0. The molecule has 0 aromatic rings. The lowest BCUT2D eigenvalue weighted by atomic mass is 10.6. The minimum atomic E-state index is -3.18. The zero-order valence-electron chi connectivity index (χ0n) is 9.99. The van der Waals surface area contributed by atoms with Gasteiger partial charge in [-0.05, 0) is 6.92 Å². The van der Waals surface area contributed by atoms with Gasteiger partial charge in [0.05, 0.1) is 25.9 Å². The summed E-state index contributed by atoms with van der Waals surface area (Å²) in [6.07, 6.45) is 1.39. The molecular formula is C10H20NO5P. The van der Waals surface area contributed by atoms with Crippen LogP contribution in [0.4, 0.5) is 0 Å². The minimum absolute atomic E-state index is 0.120. The summed E-state index contributed by atoms with van der Waals surface area (Å²) < 4.78 is 24.8. The second kappa shape index (κ2) is 6.64. The van der Waals surface area contributed by atoms with E-state index in [1.165, 1.54) is 10.7 Å². The van der Waals surface area contributed by atoms with E-state index < -0.39 is 13.4 Å². The van der Waals surface area contributed by atoms with E-state index in [9.17, 15) is 4.57 Å². The molecule has 0 aromatic heterocycles. The predicted molar refractivity (Wildman–Crippen MR) is 63.8 cm³/mol. The molecule has 0 bridgehead atoms. The molecule has 0 saturated carbocycles. The maximum Gasteiger partial charge on any atom is 0.303 e. The van der Waals surface area contributed by atoms with Crippen molar-refractivity contribution in [1.29, 1.82) is 0 Å². The number of aliphatic hydroxyl groups excluding tert-OH is 2. The molecule has 17 heavy (non-hydrogen) atoms. The van der Waals surface area contributed by atoms with Gasteiger partial charge in [0.15, 0.2) is 5.85 Å². The maximum absolute atomic E-state index is 12.7. The van der Waals surface area contributed by atoms with E-state index in [1.807, 2.05) is 6.92 Å². The van der Waals surface area contributed by atoms with Crippen LogP contribution < -0.4 is 0 Å². The molecule has 1 unspecified atom stereocenters. The molecule has 1 rings (SSSR count). The first-order valence-corrected chi connectivity index (χ1v) is 7.22. The molecule has 3 atom stereocenters. The molecular weight excluding hydrogens is 245 g/mol. The summed E-state index contributed by atoms with van der Waals surface area (Å²) in [5.74, 6) is -0.472. The van der Waals surface area contributed by atoms with Crippen LogP contribution in [-0.4, -0.2) is 59.7 Å². The molecule has 0 aromatic carbocycles. The molecule has 0 amide bonds. The lowest BCUT2D eigenvalue weighted by Crippen LogP contribution is -2.30. The van der Waals surface area contributed by atoms with Gasteiger partial charge in [0, 0.05) is 13.1 Å². The molecule has 0 spiro atoms. The molecule has 1 aliphatic heterocycles. The van der Waals surface area contributed by atoms with Gasteiger partial charge in [-0.15, -0.1) is 6.58 Å². The molecule has 1 heterocycles. The molecule has 6 nitrogen and oxygen atoms in total. The highest BCUT2D eigenvalue weighted by atomic mass is 31.2. The van der Waals surface area contributed by atoms with E-state index >= 15 is 0 Å². The van der Waals surface area contributed by atoms with Crippen LogP contribution in [0.1, 0.15) is 6.92 Å². The van der Waals surface area contributed by atoms with Crippen molar-refractivity contribution in [3.05, 3.63) is 12.7 Å². The van der Waals surface area contributed by atoms with Crippen molar-refractivity contribution in [3.63, 3.8) is 0 Å². The fourth-order valence-electron chi connectivity index (χ4n) is 1.61. The third-order valence-electron chi connectivity index (χ3n) is 2.49. The van der Waals surface area contributed by atoms with Crippen LogP contribution in [0.15, 0.2) is 12.7 Å². The number of aliphatic hydroxyl groups is 2. The summed E-state index contributed by atoms with van der Waals surface area (Å²) in [7, 11) is -3.18. The second-order valence-corrected chi connectivity index (χ2v) is 6.24. The SMILES string of the molecule is C=CCOP(=O)([C@@H]1O[C@@H]1C)N(CCO)CCO. The Morgan fingerprint density at radius 3 is 2.35 bits per heavy atom. The van der Waals surface area contributed by atoms with Crippen LogP contribution in [-0.2, 0) is 13.8 Å². The van der Waals surface area contributed by atoms with Gasteiger partial charge < -0.3 is 19.5 Å². The highest BCUT2D eigenvalue weighted by molar-refractivity contribution is 7.57. The van der Waals surface area contributed by atoms with Crippen LogP contribution in [0.3, 0.4) is 0 Å². The molecule has 1 fully saturated rings. The lowest BCUT2D eigenvalue weighted by Gasteiger charge is -2.28. The van der Waals surface area contributed by atoms with E-state index in [4.69, 9.17) is 19.5 Å². The Labute approximate surface area is 101 Å². The Morgan fingerprint density at radius 2 is 2.00 bits per heavy atom. The van der Waals surface area contributed by atoms with Crippen molar-refractivity contribution in [3.8, 4) is 0 Å². The molecule has 2 N–H and O–H groups in total. The topological polar surface area (TPSA) is 82.5 Å². The first-order valence-electron chi connectivity index (χ1n) is 5.58. The first kappa shape index (κ1) is 14.8. The highest BCUT2D eigenvalue weighted by Gasteiger charge is 2.54. The third-order valence-corrected chi connectivity index (χ3v) is 5.38. The van der Waals surface area contributed by atoms with E-state index in [-0.39, 0.29) is 39.0 Å². The maximum atomic E-state index is 12.7. The van der Waals surface area contributed by atoms with Gasteiger partial charge in [-0.1, -0.05) is 6.08 Å². The van der Waals surface area contributed by atoms with E-state index in [2.05, 4.69) is 6.58 Å². The first-order chi connectivity index (χ1) is 8.10. The van der Waals surface area contributed by atoms with Crippen LogP contribution in [0.5, 0.6) is 0 Å². The van der Waals surface area contributed by atoms with Gasteiger partial charge in [-0.25, -0.2) is 4.67 Å². The summed E-state index contributed by atoms with van der Waals surface area (Å²) in [6.45, 7) is 5.53. The van der Waals surface area contributed by atoms with Crippen molar-refractivity contribution in [2.45, 2.75) is 18.9 Å². The van der Waals surface area contributed by atoms with E-state index in [0.29, 0.717) is 0 Å². The summed E-state index contributed by atoms with van der Waals surface area (Å²) in [5.41, 5.74) is 0. The average Bonchev–Trinajstić information content (AvgIpc) is 3.04. The average molecular weight is 265 g/mol. The fourth-order valence-corrected chi connectivity index (χ4v) is 4.18.